The molecule has 19 heteroatoms. The van der Waals surface area contributed by atoms with E-state index in [2.05, 4.69) is 27.7 Å². The zero-order valence-electron chi connectivity index (χ0n) is 65.9. The van der Waals surface area contributed by atoms with Gasteiger partial charge in [-0.15, -0.1) is 0 Å². The Morgan fingerprint density at radius 2 is 0.396 bits per heavy atom. The minimum absolute atomic E-state index is 0.109. The van der Waals surface area contributed by atoms with Crippen LogP contribution >= 0.6 is 15.6 Å². The summed E-state index contributed by atoms with van der Waals surface area (Å²) in [7, 11) is -9.92. The number of phosphoric ester groups is 2. The van der Waals surface area contributed by atoms with Gasteiger partial charge in [0.1, 0.15) is 19.3 Å². The summed E-state index contributed by atoms with van der Waals surface area (Å²) in [6.45, 7) is 5.03. The van der Waals surface area contributed by atoms with Crippen LogP contribution in [0.3, 0.4) is 0 Å². The van der Waals surface area contributed by atoms with Crippen LogP contribution in [0.4, 0.5) is 0 Å². The monoisotopic (exact) mass is 1480 g/mol. The molecule has 0 aromatic rings. The van der Waals surface area contributed by atoms with Gasteiger partial charge in [-0.3, -0.25) is 37.3 Å². The summed E-state index contributed by atoms with van der Waals surface area (Å²) < 4.78 is 68.8. The quantitative estimate of drug-likeness (QED) is 0.0222. The molecule has 2 unspecified atom stereocenters. The maximum atomic E-state index is 13.1. The number of hydrogen-bond donors (Lipinski definition) is 3. The largest absolute Gasteiger partial charge is 0.472 e. The first-order valence-electron chi connectivity index (χ1n) is 42.8. The average molecular weight is 1480 g/mol. The second-order valence-electron chi connectivity index (χ2n) is 29.5. The first kappa shape index (κ1) is 99.1. The van der Waals surface area contributed by atoms with E-state index < -0.39 is 97.5 Å². The molecule has 0 rings (SSSR count). The smallest absolute Gasteiger partial charge is 0.462 e. The van der Waals surface area contributed by atoms with E-state index in [9.17, 15) is 43.2 Å². The number of aliphatic hydroxyl groups excluding tert-OH is 1. The minimum atomic E-state index is -4.96. The molecular formula is C82H160O17P2. The Morgan fingerprint density at radius 1 is 0.238 bits per heavy atom. The molecule has 0 aromatic carbocycles. The first-order chi connectivity index (χ1) is 49.2. The van der Waals surface area contributed by atoms with Gasteiger partial charge in [0.2, 0.25) is 0 Å². The standard InChI is InChI=1S/C82H160O17P2/c1-5-9-13-17-21-25-29-32-35-36-37-38-39-40-42-45-49-53-57-61-65-69-82(87)99-78(73-93-80(85)67-63-59-55-51-47-44-41-33-30-26-22-18-14-10-6-2)75-97-101(90,91)95-71-76(83)70-94-100(88,89)96-74-77(72-92-79(84)66-62-58-54-50-46-28-24-20-16-12-8-4)98-81(86)68-64-60-56-52-48-43-34-31-27-23-19-15-11-7-3/h76-78,83H,5-75H2,1-4H3,(H,88,89)(H,90,91)/t76-,77+,78+/m0/s1. The Balaban J connectivity index is 5.22. The molecule has 17 nitrogen and oxygen atoms in total. The second-order valence-corrected chi connectivity index (χ2v) is 32.4. The van der Waals surface area contributed by atoms with Crippen molar-refractivity contribution in [1.29, 1.82) is 0 Å². The summed E-state index contributed by atoms with van der Waals surface area (Å²) in [5.74, 6) is -2.10. The van der Waals surface area contributed by atoms with Crippen molar-refractivity contribution in [2.24, 2.45) is 0 Å². The fourth-order valence-electron chi connectivity index (χ4n) is 12.8. The molecule has 0 saturated carbocycles. The molecule has 600 valence electrons. The van der Waals surface area contributed by atoms with E-state index in [1.54, 1.807) is 0 Å². The van der Waals surface area contributed by atoms with Crippen molar-refractivity contribution < 1.29 is 80.2 Å². The van der Waals surface area contributed by atoms with Crippen molar-refractivity contribution in [3.05, 3.63) is 0 Å². The summed E-state index contributed by atoms with van der Waals surface area (Å²) in [6, 6.07) is 0. The zero-order valence-corrected chi connectivity index (χ0v) is 67.7. The lowest BCUT2D eigenvalue weighted by Crippen LogP contribution is -2.30. The molecule has 0 aromatic heterocycles. The highest BCUT2D eigenvalue weighted by Crippen LogP contribution is 2.45. The molecule has 0 saturated heterocycles. The van der Waals surface area contributed by atoms with Gasteiger partial charge < -0.3 is 33.8 Å². The number of aliphatic hydroxyl groups is 1. The van der Waals surface area contributed by atoms with Crippen molar-refractivity contribution in [2.45, 2.75) is 463 Å². The number of carbonyl (C=O) groups is 4. The van der Waals surface area contributed by atoms with Crippen molar-refractivity contribution in [3.63, 3.8) is 0 Å². The average Bonchev–Trinajstić information content (AvgIpc) is 0.939. The highest BCUT2D eigenvalue weighted by molar-refractivity contribution is 7.47. The van der Waals surface area contributed by atoms with Crippen LogP contribution in [0.1, 0.15) is 445 Å². The summed E-state index contributed by atoms with van der Waals surface area (Å²) in [5.41, 5.74) is 0. The summed E-state index contributed by atoms with van der Waals surface area (Å²) in [4.78, 5) is 73.1. The minimum Gasteiger partial charge on any atom is -0.462 e. The van der Waals surface area contributed by atoms with Crippen molar-refractivity contribution >= 4 is 39.5 Å². The van der Waals surface area contributed by atoms with E-state index >= 15 is 0 Å². The topological polar surface area (TPSA) is 237 Å². The van der Waals surface area contributed by atoms with Gasteiger partial charge in [0.05, 0.1) is 26.4 Å². The van der Waals surface area contributed by atoms with Crippen molar-refractivity contribution in [3.8, 4) is 0 Å². The van der Waals surface area contributed by atoms with Gasteiger partial charge in [-0.25, -0.2) is 9.13 Å². The van der Waals surface area contributed by atoms with Crippen LogP contribution < -0.4 is 0 Å². The number of unbranched alkanes of at least 4 members (excludes halogenated alkanes) is 57. The fraction of sp³-hybridized carbons (Fsp3) is 0.951. The van der Waals surface area contributed by atoms with Crippen LogP contribution in [0.2, 0.25) is 0 Å². The molecule has 0 heterocycles. The number of ether oxygens (including phenoxy) is 4. The molecule has 0 bridgehead atoms. The Morgan fingerprint density at radius 3 is 0.584 bits per heavy atom. The summed E-state index contributed by atoms with van der Waals surface area (Å²) >= 11 is 0. The highest BCUT2D eigenvalue weighted by atomic mass is 31.2. The van der Waals surface area contributed by atoms with Crippen LogP contribution in [0.5, 0.6) is 0 Å². The van der Waals surface area contributed by atoms with Gasteiger partial charge in [0.25, 0.3) is 0 Å². The van der Waals surface area contributed by atoms with Gasteiger partial charge in [0, 0.05) is 25.7 Å². The Labute approximate surface area is 619 Å². The third-order valence-electron chi connectivity index (χ3n) is 19.4. The molecule has 5 atom stereocenters. The van der Waals surface area contributed by atoms with Crippen LogP contribution in [0, 0.1) is 0 Å². The van der Waals surface area contributed by atoms with E-state index in [1.807, 2.05) is 0 Å². The van der Waals surface area contributed by atoms with E-state index in [0.717, 1.165) is 89.9 Å². The molecule has 101 heavy (non-hydrogen) atoms. The number of esters is 4. The second kappa shape index (κ2) is 76.3. The maximum absolute atomic E-state index is 13.1. The molecule has 0 fully saturated rings. The van der Waals surface area contributed by atoms with Crippen LogP contribution in [-0.4, -0.2) is 96.7 Å². The summed E-state index contributed by atoms with van der Waals surface area (Å²) in [6.07, 6.45) is 69.3. The maximum Gasteiger partial charge on any atom is 0.472 e. The van der Waals surface area contributed by atoms with Crippen molar-refractivity contribution in [1.82, 2.24) is 0 Å². The molecule has 0 spiro atoms. The first-order valence-corrected chi connectivity index (χ1v) is 45.8. The normalized spacial score (nSPS) is 13.8. The molecular weight excluding hydrogens is 1320 g/mol. The highest BCUT2D eigenvalue weighted by Gasteiger charge is 2.30. The number of rotatable bonds is 83. The molecule has 0 amide bonds. The van der Waals surface area contributed by atoms with E-state index in [4.69, 9.17) is 37.0 Å². The Kier molecular flexibility index (Phi) is 74.8. The fourth-order valence-corrected chi connectivity index (χ4v) is 14.4. The molecule has 0 aliphatic carbocycles. The Bertz CT molecular complexity index is 1910. The number of carbonyl (C=O) groups excluding carboxylic acids is 4. The molecule has 0 aliphatic heterocycles. The number of phosphoric acid groups is 2. The molecule has 0 radical (unpaired) electrons. The van der Waals surface area contributed by atoms with Gasteiger partial charge in [-0.1, -0.05) is 394 Å². The lowest BCUT2D eigenvalue weighted by Gasteiger charge is -2.21. The predicted octanol–water partition coefficient (Wildman–Crippen LogP) is 25.0. The summed E-state index contributed by atoms with van der Waals surface area (Å²) in [5, 5.41) is 10.6. The lowest BCUT2D eigenvalue weighted by molar-refractivity contribution is -0.161. The van der Waals surface area contributed by atoms with Gasteiger partial charge in [0.15, 0.2) is 12.2 Å². The van der Waals surface area contributed by atoms with Crippen LogP contribution in [0.15, 0.2) is 0 Å². The SMILES string of the molecule is CCCCCCCCCCCCCCCCCCCCCCCC(=O)O[C@H](COC(=O)CCCCCCCCCCCCCCCCC)COP(=O)(O)OC[C@@H](O)COP(=O)(O)OC[C@@H](COC(=O)CCCCCCCCCCCCC)OC(=O)CCCCCCCCCCCCCCCC. The zero-order chi connectivity index (χ0) is 73.9. The number of hydrogen-bond acceptors (Lipinski definition) is 15. The third kappa shape index (κ3) is 76.1. The van der Waals surface area contributed by atoms with Gasteiger partial charge in [-0.2, -0.15) is 0 Å². The third-order valence-corrected chi connectivity index (χ3v) is 21.3. The lowest BCUT2D eigenvalue weighted by atomic mass is 10.0. The Hall–Kier alpha value is -1.94. The van der Waals surface area contributed by atoms with Gasteiger partial charge in [-0.05, 0) is 25.7 Å². The van der Waals surface area contributed by atoms with Crippen LogP contribution in [0.25, 0.3) is 0 Å². The predicted molar refractivity (Wildman–Crippen MR) is 414 cm³/mol. The van der Waals surface area contributed by atoms with Crippen molar-refractivity contribution in [2.75, 3.05) is 39.6 Å². The molecule has 0 aliphatic rings. The van der Waals surface area contributed by atoms with E-state index in [1.165, 1.54) is 276 Å². The van der Waals surface area contributed by atoms with Gasteiger partial charge >= 0.3 is 39.5 Å². The van der Waals surface area contributed by atoms with E-state index in [0.29, 0.717) is 25.7 Å². The molecule has 3 N–H and O–H groups in total. The van der Waals surface area contributed by atoms with Crippen LogP contribution in [-0.2, 0) is 65.4 Å². The van der Waals surface area contributed by atoms with E-state index in [-0.39, 0.29) is 25.7 Å².